The molecule has 0 spiro atoms. The van der Waals surface area contributed by atoms with Gasteiger partial charge in [0.25, 0.3) is 0 Å². The van der Waals surface area contributed by atoms with Gasteiger partial charge in [-0.3, -0.25) is 4.79 Å². The van der Waals surface area contributed by atoms with Crippen LogP contribution in [0.4, 0.5) is 0 Å². The number of carbonyl (C=O) groups excluding carboxylic acids is 1. The number of pyridine rings is 1. The molecule has 0 unspecified atom stereocenters. The van der Waals surface area contributed by atoms with Gasteiger partial charge in [0.1, 0.15) is 0 Å². The van der Waals surface area contributed by atoms with Crippen LogP contribution in [0, 0.1) is 6.92 Å². The highest BCUT2D eigenvalue weighted by Gasteiger charge is 2.15. The molecule has 0 fully saturated rings. The number of para-hydroxylation sites is 2. The van der Waals surface area contributed by atoms with Gasteiger partial charge in [-0.05, 0) is 49.1 Å². The summed E-state index contributed by atoms with van der Waals surface area (Å²) in [6, 6.07) is 29.0. The Morgan fingerprint density at radius 1 is 0.909 bits per heavy atom. The van der Waals surface area contributed by atoms with Crippen LogP contribution < -0.4 is 5.32 Å². The first kappa shape index (κ1) is 21.0. The van der Waals surface area contributed by atoms with E-state index in [0.717, 1.165) is 46.2 Å². The second kappa shape index (κ2) is 9.29. The topological polar surface area (TPSA) is 57.8 Å². The number of benzene rings is 3. The van der Waals surface area contributed by atoms with Crippen LogP contribution in [0.2, 0.25) is 0 Å². The van der Waals surface area contributed by atoms with E-state index >= 15 is 0 Å². The van der Waals surface area contributed by atoms with Gasteiger partial charge in [0.2, 0.25) is 5.91 Å². The number of aryl methyl sites for hydroxylation is 2. The molecule has 164 valence electrons. The summed E-state index contributed by atoms with van der Waals surface area (Å²) in [5, 5.41) is 5.37. The molecule has 5 aromatic rings. The van der Waals surface area contributed by atoms with Crippen LogP contribution in [0.15, 0.2) is 84.9 Å². The molecule has 5 rings (SSSR count). The van der Waals surface area contributed by atoms with Gasteiger partial charge in [-0.15, -0.1) is 0 Å². The van der Waals surface area contributed by atoms with Crippen LogP contribution >= 0.6 is 0 Å². The Labute approximate surface area is 193 Å². The number of hydrogen-bond donors (Lipinski definition) is 2. The maximum atomic E-state index is 12.4. The molecule has 33 heavy (non-hydrogen) atoms. The van der Waals surface area contributed by atoms with Crippen LogP contribution in [0.25, 0.3) is 33.2 Å². The zero-order chi connectivity index (χ0) is 22.6. The minimum atomic E-state index is 0.0841. The lowest BCUT2D eigenvalue weighted by atomic mass is 10.0. The third kappa shape index (κ3) is 4.65. The Balaban J connectivity index is 1.32. The quantitative estimate of drug-likeness (QED) is 0.315. The van der Waals surface area contributed by atoms with Crippen LogP contribution in [0.1, 0.15) is 29.5 Å². The molecule has 0 aliphatic carbocycles. The summed E-state index contributed by atoms with van der Waals surface area (Å²) in [6.45, 7) is 2.63. The van der Waals surface area contributed by atoms with E-state index in [9.17, 15) is 4.79 Å². The molecule has 0 radical (unpaired) electrons. The van der Waals surface area contributed by atoms with Gasteiger partial charge in [0, 0.05) is 29.3 Å². The van der Waals surface area contributed by atoms with Crippen LogP contribution in [0.5, 0.6) is 0 Å². The molecule has 4 nitrogen and oxygen atoms in total. The molecule has 2 heterocycles. The number of carbonyl (C=O) groups is 1. The van der Waals surface area contributed by atoms with E-state index in [-0.39, 0.29) is 5.91 Å². The third-order valence-electron chi connectivity index (χ3n) is 6.11. The van der Waals surface area contributed by atoms with Crippen molar-refractivity contribution in [1.29, 1.82) is 0 Å². The van der Waals surface area contributed by atoms with Crippen molar-refractivity contribution in [3.63, 3.8) is 0 Å². The number of fused-ring (bicyclic) bond motifs is 2. The van der Waals surface area contributed by atoms with Crippen LogP contribution in [-0.4, -0.2) is 15.9 Å². The monoisotopic (exact) mass is 433 g/mol. The summed E-state index contributed by atoms with van der Waals surface area (Å²) in [5.41, 5.74) is 7.62. The molecule has 0 aliphatic rings. The van der Waals surface area contributed by atoms with Crippen molar-refractivity contribution in [2.45, 2.75) is 32.7 Å². The lowest BCUT2D eigenvalue weighted by Crippen LogP contribution is -2.22. The normalized spacial score (nSPS) is 11.2. The van der Waals surface area contributed by atoms with Gasteiger partial charge in [-0.1, -0.05) is 72.3 Å². The highest BCUT2D eigenvalue weighted by Crippen LogP contribution is 2.31. The van der Waals surface area contributed by atoms with Crippen molar-refractivity contribution in [3.05, 3.63) is 102 Å². The summed E-state index contributed by atoms with van der Waals surface area (Å²) in [4.78, 5) is 20.9. The number of aromatic amines is 1. The zero-order valence-corrected chi connectivity index (χ0v) is 18.8. The van der Waals surface area contributed by atoms with Crippen LogP contribution in [-0.2, 0) is 17.8 Å². The summed E-state index contributed by atoms with van der Waals surface area (Å²) in [6.07, 6.45) is 2.09. The third-order valence-corrected chi connectivity index (χ3v) is 6.11. The van der Waals surface area contributed by atoms with Crippen molar-refractivity contribution in [2.75, 3.05) is 0 Å². The first-order chi connectivity index (χ1) is 16.2. The lowest BCUT2D eigenvalue weighted by molar-refractivity contribution is -0.121. The zero-order valence-electron chi connectivity index (χ0n) is 18.8. The van der Waals surface area contributed by atoms with Gasteiger partial charge in [0.05, 0.1) is 16.9 Å². The maximum Gasteiger partial charge on any atom is 0.220 e. The SMILES string of the molecule is Cc1ccc(CNC(=O)CCCc2c(-c3ccc4ccccc4n3)[nH]c3ccccc23)cc1. The van der Waals surface area contributed by atoms with E-state index < -0.39 is 0 Å². The highest BCUT2D eigenvalue weighted by molar-refractivity contribution is 5.91. The average Bonchev–Trinajstić information content (AvgIpc) is 3.22. The maximum absolute atomic E-state index is 12.4. The minimum Gasteiger partial charge on any atom is -0.353 e. The predicted molar refractivity (Wildman–Crippen MR) is 135 cm³/mol. The summed E-state index contributed by atoms with van der Waals surface area (Å²) < 4.78 is 0. The Kier molecular flexibility index (Phi) is 5.90. The molecule has 0 aliphatic heterocycles. The Hall–Kier alpha value is -3.92. The van der Waals surface area contributed by atoms with E-state index in [0.29, 0.717) is 13.0 Å². The van der Waals surface area contributed by atoms with Crippen molar-refractivity contribution in [1.82, 2.24) is 15.3 Å². The van der Waals surface area contributed by atoms with E-state index in [2.05, 4.69) is 77.9 Å². The molecule has 4 heteroatoms. The fourth-order valence-corrected chi connectivity index (χ4v) is 4.30. The number of amides is 1. The first-order valence-corrected chi connectivity index (χ1v) is 11.5. The van der Waals surface area contributed by atoms with Gasteiger partial charge >= 0.3 is 0 Å². The van der Waals surface area contributed by atoms with Gasteiger partial charge < -0.3 is 10.3 Å². The summed E-state index contributed by atoms with van der Waals surface area (Å²) >= 11 is 0. The van der Waals surface area contributed by atoms with Crippen molar-refractivity contribution in [3.8, 4) is 11.4 Å². The average molecular weight is 434 g/mol. The molecule has 1 amide bonds. The van der Waals surface area contributed by atoms with E-state index in [1.54, 1.807) is 0 Å². The molecular weight excluding hydrogens is 406 g/mol. The van der Waals surface area contributed by atoms with Crippen molar-refractivity contribution < 1.29 is 4.79 Å². The molecule has 0 atom stereocenters. The standard InChI is InChI=1S/C29H27N3O/c1-20-13-15-21(16-14-20)19-30-28(33)12-6-9-24-23-8-3-5-11-26(23)32-29(24)27-18-17-22-7-2-4-10-25(22)31-27/h2-5,7-8,10-11,13-18,32H,6,9,12,19H2,1H3,(H,30,33). The Bertz CT molecular complexity index is 1420. The number of nitrogens with zero attached hydrogens (tertiary/aromatic N) is 1. The predicted octanol–water partition coefficient (Wildman–Crippen LogP) is 6.33. The second-order valence-corrected chi connectivity index (χ2v) is 8.53. The summed E-state index contributed by atoms with van der Waals surface area (Å²) in [5.74, 6) is 0.0841. The number of hydrogen-bond acceptors (Lipinski definition) is 2. The fraction of sp³-hybridized carbons (Fsp3) is 0.172. The van der Waals surface area contributed by atoms with Crippen LogP contribution in [0.3, 0.4) is 0 Å². The molecule has 2 N–H and O–H groups in total. The number of rotatable bonds is 7. The molecule has 0 bridgehead atoms. The number of nitrogens with one attached hydrogen (secondary N) is 2. The molecule has 0 saturated heterocycles. The number of H-pyrrole nitrogens is 1. The molecule has 2 aromatic heterocycles. The molecule has 0 saturated carbocycles. The fourth-order valence-electron chi connectivity index (χ4n) is 4.30. The first-order valence-electron chi connectivity index (χ1n) is 11.5. The Morgan fingerprint density at radius 2 is 1.70 bits per heavy atom. The van der Waals surface area contributed by atoms with Gasteiger partial charge in [-0.2, -0.15) is 0 Å². The highest BCUT2D eigenvalue weighted by atomic mass is 16.1. The Morgan fingerprint density at radius 3 is 2.58 bits per heavy atom. The summed E-state index contributed by atoms with van der Waals surface area (Å²) in [7, 11) is 0. The van der Waals surface area contributed by atoms with Crippen molar-refractivity contribution in [2.24, 2.45) is 0 Å². The lowest BCUT2D eigenvalue weighted by Gasteiger charge is -2.08. The van der Waals surface area contributed by atoms with E-state index in [1.165, 1.54) is 16.5 Å². The smallest absolute Gasteiger partial charge is 0.220 e. The second-order valence-electron chi connectivity index (χ2n) is 8.53. The number of aromatic nitrogens is 2. The van der Waals surface area contributed by atoms with E-state index in [4.69, 9.17) is 4.98 Å². The van der Waals surface area contributed by atoms with E-state index in [1.807, 2.05) is 24.3 Å². The molecular formula is C29H27N3O. The van der Waals surface area contributed by atoms with Gasteiger partial charge in [-0.25, -0.2) is 4.98 Å². The minimum absolute atomic E-state index is 0.0841. The molecule has 3 aromatic carbocycles. The largest absolute Gasteiger partial charge is 0.353 e. The van der Waals surface area contributed by atoms with Gasteiger partial charge in [0.15, 0.2) is 0 Å². The van der Waals surface area contributed by atoms with Crippen molar-refractivity contribution >= 4 is 27.7 Å².